The van der Waals surface area contributed by atoms with E-state index in [1.54, 1.807) is 0 Å². The molecule has 0 aromatic heterocycles. The number of halogens is 1. The summed E-state index contributed by atoms with van der Waals surface area (Å²) in [5, 5.41) is 16.6. The van der Waals surface area contributed by atoms with E-state index in [9.17, 15) is 14.7 Å². The number of aryl methyl sites for hydroxylation is 1. The Labute approximate surface area is 160 Å². The second-order valence-corrected chi connectivity index (χ2v) is 7.21. The van der Waals surface area contributed by atoms with Crippen LogP contribution in [0.25, 0.3) is 0 Å². The second-order valence-electron chi connectivity index (χ2n) is 6.29. The van der Waals surface area contributed by atoms with Crippen molar-refractivity contribution in [3.8, 4) is 0 Å². The minimum Gasteiger partial charge on any atom is -0.550 e. The van der Waals surface area contributed by atoms with Crippen molar-refractivity contribution >= 4 is 33.5 Å². The smallest absolute Gasteiger partial charge is 0.243 e. The summed E-state index contributed by atoms with van der Waals surface area (Å²) in [6.45, 7) is 2.00. The van der Waals surface area contributed by atoms with Gasteiger partial charge in [0.05, 0.1) is 11.8 Å². The van der Waals surface area contributed by atoms with E-state index in [-0.39, 0.29) is 24.8 Å². The number of benzene rings is 2. The molecule has 0 N–H and O–H groups in total. The average Bonchev–Trinajstić information content (AvgIpc) is 3.06. The molecule has 0 fully saturated rings. The van der Waals surface area contributed by atoms with Gasteiger partial charge < -0.3 is 9.90 Å². The van der Waals surface area contributed by atoms with Crippen molar-refractivity contribution in [2.75, 3.05) is 0 Å². The maximum atomic E-state index is 12.6. The van der Waals surface area contributed by atoms with Crippen LogP contribution in [0.3, 0.4) is 0 Å². The highest BCUT2D eigenvalue weighted by Gasteiger charge is 2.32. The van der Waals surface area contributed by atoms with Crippen molar-refractivity contribution in [2.24, 2.45) is 5.10 Å². The number of aliphatic carboxylic acids is 1. The number of carbonyl (C=O) groups is 2. The first-order valence-corrected chi connectivity index (χ1v) is 9.15. The van der Waals surface area contributed by atoms with Crippen molar-refractivity contribution < 1.29 is 14.7 Å². The molecule has 0 bridgehead atoms. The van der Waals surface area contributed by atoms with E-state index in [0.717, 1.165) is 26.9 Å². The predicted octanol–water partition coefficient (Wildman–Crippen LogP) is 2.97. The fourth-order valence-electron chi connectivity index (χ4n) is 2.93. The zero-order valence-corrected chi connectivity index (χ0v) is 15.9. The molecule has 0 aliphatic carbocycles. The molecule has 2 aromatic carbocycles. The Bertz CT molecular complexity index is 844. The number of hydrogen-bond donors (Lipinski definition) is 0. The van der Waals surface area contributed by atoms with Gasteiger partial charge in [0.15, 0.2) is 0 Å². The molecule has 0 saturated heterocycles. The number of carboxylic acid groups (broad SMARTS) is 1. The molecule has 134 valence electrons. The summed E-state index contributed by atoms with van der Waals surface area (Å²) in [4.78, 5) is 23.3. The topological polar surface area (TPSA) is 72.8 Å². The first-order chi connectivity index (χ1) is 12.4. The molecule has 2 aromatic rings. The molecule has 26 heavy (non-hydrogen) atoms. The third kappa shape index (κ3) is 4.19. The highest BCUT2D eigenvalue weighted by molar-refractivity contribution is 9.10. The number of carboxylic acids is 1. The molecular weight excluding hydrogens is 396 g/mol. The van der Waals surface area contributed by atoms with Crippen LogP contribution in [0.5, 0.6) is 0 Å². The zero-order chi connectivity index (χ0) is 18.7. The van der Waals surface area contributed by atoms with Gasteiger partial charge in [-0.1, -0.05) is 57.9 Å². The SMILES string of the molecule is Cc1ccc([C@H]2CC(c3ccc(Br)cc3)=NN2C(=O)CCC(=O)[O-])cc1. The van der Waals surface area contributed by atoms with Crippen LogP contribution in [0, 0.1) is 6.92 Å². The molecule has 0 unspecified atom stereocenters. The molecule has 1 heterocycles. The van der Waals surface area contributed by atoms with Crippen molar-refractivity contribution in [2.45, 2.75) is 32.2 Å². The summed E-state index contributed by atoms with van der Waals surface area (Å²) >= 11 is 3.41. The van der Waals surface area contributed by atoms with E-state index in [1.165, 1.54) is 5.01 Å². The third-order valence-corrected chi connectivity index (χ3v) is 4.88. The van der Waals surface area contributed by atoms with Gasteiger partial charge in [-0.25, -0.2) is 5.01 Å². The lowest BCUT2D eigenvalue weighted by molar-refractivity contribution is -0.305. The quantitative estimate of drug-likeness (QED) is 0.755. The van der Waals surface area contributed by atoms with E-state index in [0.29, 0.717) is 6.42 Å². The van der Waals surface area contributed by atoms with E-state index in [2.05, 4.69) is 21.0 Å². The average molecular weight is 414 g/mol. The van der Waals surface area contributed by atoms with Crippen molar-refractivity contribution in [1.82, 2.24) is 5.01 Å². The zero-order valence-electron chi connectivity index (χ0n) is 14.3. The monoisotopic (exact) mass is 413 g/mol. The number of hydrazone groups is 1. The Morgan fingerprint density at radius 1 is 1.12 bits per heavy atom. The molecule has 0 spiro atoms. The van der Waals surface area contributed by atoms with Crippen molar-refractivity contribution in [3.63, 3.8) is 0 Å². The molecule has 1 atom stereocenters. The predicted molar refractivity (Wildman–Crippen MR) is 100 cm³/mol. The fourth-order valence-corrected chi connectivity index (χ4v) is 3.19. The van der Waals surface area contributed by atoms with Crippen LogP contribution in [0.4, 0.5) is 0 Å². The summed E-state index contributed by atoms with van der Waals surface area (Å²) < 4.78 is 0.969. The maximum absolute atomic E-state index is 12.6. The third-order valence-electron chi connectivity index (χ3n) is 4.35. The van der Waals surface area contributed by atoms with Gasteiger partial charge in [-0.05, 0) is 36.6 Å². The lowest BCUT2D eigenvalue weighted by atomic mass is 9.97. The Hall–Kier alpha value is -2.47. The van der Waals surface area contributed by atoms with Gasteiger partial charge >= 0.3 is 0 Å². The van der Waals surface area contributed by atoms with Crippen LogP contribution in [0.2, 0.25) is 0 Å². The first kappa shape index (κ1) is 18.3. The van der Waals surface area contributed by atoms with Gasteiger partial charge in [0, 0.05) is 23.3 Å². The molecule has 1 amide bonds. The summed E-state index contributed by atoms with van der Waals surface area (Å²) in [5.41, 5.74) is 3.87. The van der Waals surface area contributed by atoms with Crippen LogP contribution in [-0.4, -0.2) is 22.6 Å². The molecule has 1 aliphatic heterocycles. The standard InChI is InChI=1S/C20H19BrN2O3/c1-13-2-4-15(5-3-13)18-12-17(14-6-8-16(21)9-7-14)22-23(18)19(24)10-11-20(25)26/h2-9,18H,10-12H2,1H3,(H,25,26)/p-1/t18-/m1/s1. The van der Waals surface area contributed by atoms with Gasteiger partial charge in [0.25, 0.3) is 0 Å². The van der Waals surface area contributed by atoms with Gasteiger partial charge in [0.1, 0.15) is 0 Å². The molecule has 3 rings (SSSR count). The molecular formula is C20H18BrN2O3-. The van der Waals surface area contributed by atoms with Gasteiger partial charge in [-0.15, -0.1) is 0 Å². The highest BCUT2D eigenvalue weighted by atomic mass is 79.9. The van der Waals surface area contributed by atoms with E-state index >= 15 is 0 Å². The number of rotatable bonds is 5. The highest BCUT2D eigenvalue weighted by Crippen LogP contribution is 2.33. The van der Waals surface area contributed by atoms with E-state index < -0.39 is 5.97 Å². The van der Waals surface area contributed by atoms with Crippen molar-refractivity contribution in [3.05, 3.63) is 69.7 Å². The number of nitrogens with zero attached hydrogens (tertiary/aromatic N) is 2. The Morgan fingerprint density at radius 2 is 1.77 bits per heavy atom. The van der Waals surface area contributed by atoms with Crippen LogP contribution >= 0.6 is 15.9 Å². The largest absolute Gasteiger partial charge is 0.550 e. The molecule has 0 radical (unpaired) electrons. The molecule has 6 heteroatoms. The number of amides is 1. The second kappa shape index (κ2) is 7.83. The molecule has 1 aliphatic rings. The van der Waals surface area contributed by atoms with Gasteiger partial charge in [0.2, 0.25) is 5.91 Å². The maximum Gasteiger partial charge on any atom is 0.243 e. The minimum atomic E-state index is -1.23. The lowest BCUT2D eigenvalue weighted by Gasteiger charge is -2.22. The summed E-state index contributed by atoms with van der Waals surface area (Å²) in [6.07, 6.45) is 0.155. The Morgan fingerprint density at radius 3 is 2.38 bits per heavy atom. The van der Waals surface area contributed by atoms with Crippen LogP contribution in [0.1, 0.15) is 42.0 Å². The first-order valence-electron chi connectivity index (χ1n) is 8.36. The van der Waals surface area contributed by atoms with Crippen molar-refractivity contribution in [1.29, 1.82) is 0 Å². The molecule has 0 saturated carbocycles. The lowest BCUT2D eigenvalue weighted by Crippen LogP contribution is -2.29. The van der Waals surface area contributed by atoms with Crippen LogP contribution in [-0.2, 0) is 9.59 Å². The van der Waals surface area contributed by atoms with Crippen LogP contribution < -0.4 is 5.11 Å². The Kier molecular flexibility index (Phi) is 5.52. The molecule has 5 nitrogen and oxygen atoms in total. The normalized spacial score (nSPS) is 16.5. The summed E-state index contributed by atoms with van der Waals surface area (Å²) in [6, 6.07) is 15.5. The van der Waals surface area contributed by atoms with E-state index in [4.69, 9.17) is 0 Å². The summed E-state index contributed by atoms with van der Waals surface area (Å²) in [7, 11) is 0. The number of carbonyl (C=O) groups excluding carboxylic acids is 2. The van der Waals surface area contributed by atoms with Gasteiger partial charge in [-0.3, -0.25) is 4.79 Å². The fraction of sp³-hybridized carbons (Fsp3) is 0.250. The van der Waals surface area contributed by atoms with Crippen LogP contribution in [0.15, 0.2) is 58.1 Å². The minimum absolute atomic E-state index is 0.123. The Balaban J connectivity index is 1.89. The number of hydrogen-bond acceptors (Lipinski definition) is 4. The summed E-state index contributed by atoms with van der Waals surface area (Å²) in [5.74, 6) is -1.55. The van der Waals surface area contributed by atoms with E-state index in [1.807, 2.05) is 55.5 Å². The van der Waals surface area contributed by atoms with Gasteiger partial charge in [-0.2, -0.15) is 5.10 Å².